The van der Waals surface area contributed by atoms with E-state index in [1.807, 2.05) is 0 Å². The first-order chi connectivity index (χ1) is 21.8. The number of hydrogen-bond acceptors (Lipinski definition) is 1. The molecule has 44 heavy (non-hydrogen) atoms. The molecule has 9 rings (SSSR count). The van der Waals surface area contributed by atoms with Crippen LogP contribution in [-0.4, -0.2) is 9.13 Å². The summed E-state index contributed by atoms with van der Waals surface area (Å²) in [6.45, 7) is 0. The minimum absolute atomic E-state index is 1.15. The third-order valence-corrected chi connectivity index (χ3v) is 8.82. The van der Waals surface area contributed by atoms with Crippen molar-refractivity contribution in [2.75, 3.05) is 0 Å². The number of nitrogens with one attached hydrogen (secondary N) is 1. The summed E-state index contributed by atoms with van der Waals surface area (Å²) >= 11 is 0. The van der Waals surface area contributed by atoms with Crippen molar-refractivity contribution in [3.8, 4) is 11.4 Å². The van der Waals surface area contributed by atoms with Gasteiger partial charge in [0.2, 0.25) is 0 Å². The second-order valence-corrected chi connectivity index (χ2v) is 11.4. The van der Waals surface area contributed by atoms with E-state index in [1.54, 1.807) is 0 Å². The quantitative estimate of drug-likeness (QED) is 0.226. The Bertz CT molecular complexity index is 2170. The van der Waals surface area contributed by atoms with Crippen molar-refractivity contribution < 1.29 is 0 Å². The topological polar surface area (TPSA) is 21.9 Å². The Balaban J connectivity index is 1.09. The first kappa shape index (κ1) is 24.8. The Hall–Kier alpha value is -5.80. The number of allylic oxidation sites excluding steroid dienone is 2. The Morgan fingerprint density at radius 2 is 0.727 bits per heavy atom. The molecule has 0 saturated carbocycles. The van der Waals surface area contributed by atoms with Crippen LogP contribution < -0.4 is 5.32 Å². The number of fused-ring (bicyclic) bond motifs is 6. The minimum atomic E-state index is 1.15. The number of para-hydroxylation sites is 4. The second-order valence-electron chi connectivity index (χ2n) is 11.4. The zero-order valence-electron chi connectivity index (χ0n) is 24.0. The summed E-state index contributed by atoms with van der Waals surface area (Å²) in [5.74, 6) is 0. The largest absolute Gasteiger partial charge is 0.367 e. The minimum Gasteiger partial charge on any atom is -0.367 e. The molecular weight excluding hydrogens is 534 g/mol. The molecule has 0 aliphatic carbocycles. The van der Waals surface area contributed by atoms with Gasteiger partial charge in [0.05, 0.1) is 22.1 Å². The highest BCUT2D eigenvalue weighted by Crippen LogP contribution is 2.36. The van der Waals surface area contributed by atoms with Gasteiger partial charge in [-0.2, -0.15) is 0 Å². The Kier molecular flexibility index (Phi) is 5.57. The Morgan fingerprint density at radius 1 is 0.364 bits per heavy atom. The smallest absolute Gasteiger partial charge is 0.0541 e. The lowest BCUT2D eigenvalue weighted by Gasteiger charge is -2.18. The molecule has 0 fully saturated rings. The third kappa shape index (κ3) is 3.83. The molecule has 1 aliphatic heterocycles. The molecule has 3 heterocycles. The van der Waals surface area contributed by atoms with E-state index >= 15 is 0 Å². The SMILES string of the molecule is [CH]1C(c2cccc(-n3c4ccccc4c4ccccc43)c2)=CNC=C1c1cccc(-n2c3ccccc3c3ccccc32)c1. The maximum atomic E-state index is 3.44. The van der Waals surface area contributed by atoms with Crippen molar-refractivity contribution in [1.29, 1.82) is 0 Å². The average molecular weight is 563 g/mol. The van der Waals surface area contributed by atoms with Crippen LogP contribution in [0.1, 0.15) is 11.1 Å². The maximum absolute atomic E-state index is 3.44. The van der Waals surface area contributed by atoms with E-state index in [4.69, 9.17) is 0 Å². The van der Waals surface area contributed by atoms with E-state index in [0.29, 0.717) is 0 Å². The van der Waals surface area contributed by atoms with Gasteiger partial charge in [-0.1, -0.05) is 97.1 Å². The average Bonchev–Trinajstić information content (AvgIpc) is 3.62. The summed E-state index contributed by atoms with van der Waals surface area (Å²) < 4.78 is 4.74. The fraction of sp³-hybridized carbons (Fsp3) is 0. The summed E-state index contributed by atoms with van der Waals surface area (Å²) in [5, 5.41) is 8.52. The van der Waals surface area contributed by atoms with Gasteiger partial charge in [0.15, 0.2) is 0 Å². The number of aromatic nitrogens is 2. The number of nitrogens with zero attached hydrogens (tertiary/aromatic N) is 2. The molecule has 2 aromatic heterocycles. The van der Waals surface area contributed by atoms with Crippen molar-refractivity contribution in [3.63, 3.8) is 0 Å². The summed E-state index contributed by atoms with van der Waals surface area (Å²) in [6.07, 6.45) is 6.46. The van der Waals surface area contributed by atoms with E-state index in [0.717, 1.165) is 22.5 Å². The van der Waals surface area contributed by atoms with Gasteiger partial charge in [-0.25, -0.2) is 0 Å². The van der Waals surface area contributed by atoms with E-state index in [2.05, 4.69) is 179 Å². The molecule has 8 aromatic rings. The highest BCUT2D eigenvalue weighted by molar-refractivity contribution is 6.10. The molecule has 6 aromatic carbocycles. The fourth-order valence-electron chi connectivity index (χ4n) is 6.86. The summed E-state index contributed by atoms with van der Waals surface area (Å²) in [5.41, 5.74) is 11.8. The molecule has 1 N–H and O–H groups in total. The molecule has 0 unspecified atom stereocenters. The summed E-state index contributed by atoms with van der Waals surface area (Å²) in [6, 6.07) is 52.3. The number of dihydropyridines is 1. The third-order valence-electron chi connectivity index (χ3n) is 8.82. The molecule has 3 heteroatoms. The molecule has 1 aliphatic rings. The number of rotatable bonds is 4. The molecule has 0 bridgehead atoms. The van der Waals surface area contributed by atoms with Crippen LogP contribution in [0.4, 0.5) is 0 Å². The zero-order valence-corrected chi connectivity index (χ0v) is 24.0. The van der Waals surface area contributed by atoms with Gasteiger partial charge in [-0.05, 0) is 70.8 Å². The summed E-state index contributed by atoms with van der Waals surface area (Å²) in [4.78, 5) is 0. The van der Waals surface area contributed by atoms with E-state index < -0.39 is 0 Å². The standard InChI is InChI=1S/C41H28N3/c1-5-19-38-34(15-1)35-16-2-6-20-39(35)43(38)32-13-9-11-28(24-32)30-23-31(27-42-26-30)29-12-10-14-33(25-29)44-40-21-7-3-17-36(40)37-18-4-8-22-41(37)44/h1-27,42H. The lowest BCUT2D eigenvalue weighted by Crippen LogP contribution is -2.07. The van der Waals surface area contributed by atoms with Gasteiger partial charge < -0.3 is 14.5 Å². The molecule has 3 nitrogen and oxygen atoms in total. The second kappa shape index (κ2) is 9.89. The van der Waals surface area contributed by atoms with Crippen LogP contribution in [0, 0.1) is 6.42 Å². The van der Waals surface area contributed by atoms with Crippen molar-refractivity contribution in [3.05, 3.63) is 176 Å². The molecule has 207 valence electrons. The molecule has 0 atom stereocenters. The van der Waals surface area contributed by atoms with Crippen molar-refractivity contribution in [1.82, 2.24) is 14.5 Å². The van der Waals surface area contributed by atoms with Crippen LogP contribution >= 0.6 is 0 Å². The molecule has 0 amide bonds. The lowest BCUT2D eigenvalue weighted by atomic mass is 9.93. The van der Waals surface area contributed by atoms with Gasteiger partial charge in [-0.15, -0.1) is 0 Å². The lowest BCUT2D eigenvalue weighted by molar-refractivity contribution is 1.16. The van der Waals surface area contributed by atoms with Crippen LogP contribution in [-0.2, 0) is 0 Å². The van der Waals surface area contributed by atoms with Crippen LogP contribution in [0.25, 0.3) is 66.1 Å². The normalized spacial score (nSPS) is 13.4. The molecular formula is C41H28N3. The Morgan fingerprint density at radius 3 is 1.11 bits per heavy atom. The first-order valence-electron chi connectivity index (χ1n) is 15.0. The van der Waals surface area contributed by atoms with E-state index in [9.17, 15) is 0 Å². The molecule has 0 spiro atoms. The molecule has 1 radical (unpaired) electrons. The van der Waals surface area contributed by atoms with Crippen LogP contribution in [0.2, 0.25) is 0 Å². The van der Waals surface area contributed by atoms with Gasteiger partial charge in [-0.3, -0.25) is 0 Å². The number of benzene rings is 6. The van der Waals surface area contributed by atoms with Crippen LogP contribution in [0.15, 0.2) is 158 Å². The van der Waals surface area contributed by atoms with Crippen molar-refractivity contribution >= 4 is 54.8 Å². The highest BCUT2D eigenvalue weighted by atomic mass is 15.0. The van der Waals surface area contributed by atoms with Crippen molar-refractivity contribution in [2.45, 2.75) is 0 Å². The predicted octanol–water partition coefficient (Wildman–Crippen LogP) is 10.1. The highest BCUT2D eigenvalue weighted by Gasteiger charge is 2.17. The number of hydrogen-bond donors (Lipinski definition) is 1. The first-order valence-corrected chi connectivity index (χ1v) is 15.0. The van der Waals surface area contributed by atoms with Crippen LogP contribution in [0.3, 0.4) is 0 Å². The van der Waals surface area contributed by atoms with Crippen molar-refractivity contribution in [2.24, 2.45) is 0 Å². The summed E-state index contributed by atoms with van der Waals surface area (Å²) in [7, 11) is 0. The van der Waals surface area contributed by atoms with Gasteiger partial charge in [0, 0.05) is 51.7 Å². The zero-order chi connectivity index (χ0) is 29.0. The monoisotopic (exact) mass is 562 g/mol. The van der Waals surface area contributed by atoms with E-state index in [1.165, 1.54) is 54.7 Å². The van der Waals surface area contributed by atoms with Crippen LogP contribution in [0.5, 0.6) is 0 Å². The molecule has 0 saturated heterocycles. The van der Waals surface area contributed by atoms with E-state index in [-0.39, 0.29) is 0 Å². The predicted molar refractivity (Wildman–Crippen MR) is 185 cm³/mol. The Labute approximate surface area is 255 Å². The van der Waals surface area contributed by atoms with Gasteiger partial charge in [0.25, 0.3) is 0 Å². The van der Waals surface area contributed by atoms with Gasteiger partial charge >= 0.3 is 0 Å². The maximum Gasteiger partial charge on any atom is 0.0541 e. The van der Waals surface area contributed by atoms with Gasteiger partial charge in [0.1, 0.15) is 0 Å². The fourth-order valence-corrected chi connectivity index (χ4v) is 6.86.